The van der Waals surface area contributed by atoms with Gasteiger partial charge in [-0.1, -0.05) is 24.3 Å². The molecule has 3 nitrogen and oxygen atoms in total. The highest BCUT2D eigenvalue weighted by Crippen LogP contribution is 2.14. The van der Waals surface area contributed by atoms with E-state index in [4.69, 9.17) is 4.98 Å². The molecule has 0 saturated heterocycles. The summed E-state index contributed by atoms with van der Waals surface area (Å²) in [6.07, 6.45) is 2.84. The number of aryl methyl sites for hydroxylation is 1. The molecule has 0 aliphatic carbocycles. The monoisotopic (exact) mass is 305 g/mol. The molecule has 0 aliphatic rings. The smallest absolute Gasteiger partial charge is 0.0705 e. The van der Waals surface area contributed by atoms with Crippen molar-refractivity contribution in [3.63, 3.8) is 0 Å². The number of pyridine rings is 2. The van der Waals surface area contributed by atoms with Gasteiger partial charge in [0, 0.05) is 36.3 Å². The van der Waals surface area contributed by atoms with Crippen LogP contribution in [0.15, 0.2) is 54.7 Å². The Bertz CT molecular complexity index is 798. The van der Waals surface area contributed by atoms with E-state index in [9.17, 15) is 0 Å². The predicted molar refractivity (Wildman–Crippen MR) is 95.4 cm³/mol. The van der Waals surface area contributed by atoms with E-state index in [1.165, 1.54) is 10.9 Å². The minimum Gasteiger partial charge on any atom is -0.297 e. The van der Waals surface area contributed by atoms with Crippen LogP contribution in [0.5, 0.6) is 0 Å². The maximum absolute atomic E-state index is 4.76. The molecule has 0 aliphatic heterocycles. The van der Waals surface area contributed by atoms with Gasteiger partial charge in [-0.2, -0.15) is 0 Å². The second-order valence-corrected chi connectivity index (χ2v) is 6.29. The molecular formula is C20H23N3. The Morgan fingerprint density at radius 3 is 2.70 bits per heavy atom. The molecule has 23 heavy (non-hydrogen) atoms. The van der Waals surface area contributed by atoms with Crippen LogP contribution >= 0.6 is 0 Å². The summed E-state index contributed by atoms with van der Waals surface area (Å²) < 4.78 is 0. The molecule has 2 aromatic heterocycles. The topological polar surface area (TPSA) is 29.0 Å². The van der Waals surface area contributed by atoms with Gasteiger partial charge in [0.25, 0.3) is 0 Å². The molecule has 0 unspecified atom stereocenters. The van der Waals surface area contributed by atoms with E-state index in [2.05, 4.69) is 61.1 Å². The molecule has 0 N–H and O–H groups in total. The quantitative estimate of drug-likeness (QED) is 0.713. The average molecular weight is 305 g/mol. The number of hydrogen-bond acceptors (Lipinski definition) is 3. The van der Waals surface area contributed by atoms with Crippen LogP contribution in [0.4, 0.5) is 0 Å². The summed E-state index contributed by atoms with van der Waals surface area (Å²) in [4.78, 5) is 11.6. The third-order valence-electron chi connectivity index (χ3n) is 4.30. The largest absolute Gasteiger partial charge is 0.297 e. The molecule has 0 spiro atoms. The lowest BCUT2D eigenvalue weighted by Crippen LogP contribution is -2.31. The number of benzene rings is 1. The Balaban J connectivity index is 1.68. The van der Waals surface area contributed by atoms with E-state index in [1.54, 1.807) is 0 Å². The van der Waals surface area contributed by atoms with Gasteiger partial charge < -0.3 is 0 Å². The van der Waals surface area contributed by atoms with E-state index >= 15 is 0 Å². The SMILES string of the molecule is Cc1ccnc(C[C@@H](C)N(C)Cc2ccc3ccccc3n2)c1. The minimum absolute atomic E-state index is 0.414. The van der Waals surface area contributed by atoms with Crippen LogP contribution < -0.4 is 0 Å². The van der Waals surface area contributed by atoms with Gasteiger partial charge in [0.05, 0.1) is 11.2 Å². The fourth-order valence-electron chi connectivity index (χ4n) is 2.78. The van der Waals surface area contributed by atoms with Gasteiger partial charge in [0.1, 0.15) is 0 Å². The zero-order valence-electron chi connectivity index (χ0n) is 14.0. The molecule has 0 radical (unpaired) electrons. The van der Waals surface area contributed by atoms with Crippen LogP contribution in [0, 0.1) is 6.92 Å². The van der Waals surface area contributed by atoms with Crippen LogP contribution in [-0.4, -0.2) is 28.0 Å². The summed E-state index contributed by atoms with van der Waals surface area (Å²) in [5.74, 6) is 0. The zero-order valence-corrected chi connectivity index (χ0v) is 14.0. The van der Waals surface area contributed by atoms with E-state index in [0.29, 0.717) is 6.04 Å². The highest BCUT2D eigenvalue weighted by Gasteiger charge is 2.12. The average Bonchev–Trinajstić information content (AvgIpc) is 2.54. The van der Waals surface area contributed by atoms with Crippen molar-refractivity contribution in [1.82, 2.24) is 14.9 Å². The van der Waals surface area contributed by atoms with Crippen LogP contribution in [0.2, 0.25) is 0 Å². The molecule has 2 heterocycles. The van der Waals surface area contributed by atoms with E-state index < -0.39 is 0 Å². The van der Waals surface area contributed by atoms with Crippen LogP contribution in [0.25, 0.3) is 10.9 Å². The molecule has 0 amide bonds. The first kappa shape index (κ1) is 15.6. The number of rotatable bonds is 5. The maximum atomic E-state index is 4.76. The van der Waals surface area contributed by atoms with Crippen molar-refractivity contribution >= 4 is 10.9 Å². The highest BCUT2D eigenvalue weighted by atomic mass is 15.1. The van der Waals surface area contributed by atoms with Crippen molar-refractivity contribution in [2.45, 2.75) is 32.9 Å². The molecule has 3 heteroatoms. The summed E-state index contributed by atoms with van der Waals surface area (Å²) in [5, 5.41) is 1.19. The van der Waals surface area contributed by atoms with E-state index in [0.717, 1.165) is 29.9 Å². The molecule has 3 aromatic rings. The third-order valence-corrected chi connectivity index (χ3v) is 4.30. The standard InChI is InChI=1S/C20H23N3/c1-15-10-11-21-19(12-15)13-16(2)23(3)14-18-9-8-17-6-4-5-7-20(17)22-18/h4-12,16H,13-14H2,1-3H3/t16-/m1/s1. The van der Waals surface area contributed by atoms with Gasteiger partial charge in [-0.25, -0.2) is 0 Å². The lowest BCUT2D eigenvalue weighted by atomic mass is 10.1. The van der Waals surface area contributed by atoms with Gasteiger partial charge >= 0.3 is 0 Å². The van der Waals surface area contributed by atoms with Gasteiger partial charge in [-0.3, -0.25) is 14.9 Å². The number of hydrogen-bond donors (Lipinski definition) is 0. The Labute approximate surface area is 138 Å². The lowest BCUT2D eigenvalue weighted by Gasteiger charge is -2.24. The number of aromatic nitrogens is 2. The number of fused-ring (bicyclic) bond motifs is 1. The molecule has 1 aromatic carbocycles. The second-order valence-electron chi connectivity index (χ2n) is 6.29. The van der Waals surface area contributed by atoms with Crippen LogP contribution in [-0.2, 0) is 13.0 Å². The summed E-state index contributed by atoms with van der Waals surface area (Å²) >= 11 is 0. The van der Waals surface area contributed by atoms with E-state index in [1.807, 2.05) is 24.4 Å². The van der Waals surface area contributed by atoms with Crippen molar-refractivity contribution in [1.29, 1.82) is 0 Å². The van der Waals surface area contributed by atoms with Gasteiger partial charge in [0.15, 0.2) is 0 Å². The molecule has 1 atom stereocenters. The van der Waals surface area contributed by atoms with Crippen molar-refractivity contribution in [2.75, 3.05) is 7.05 Å². The summed E-state index contributed by atoms with van der Waals surface area (Å²) in [5.41, 5.74) is 4.58. The lowest BCUT2D eigenvalue weighted by molar-refractivity contribution is 0.244. The molecule has 118 valence electrons. The maximum Gasteiger partial charge on any atom is 0.0705 e. The number of nitrogens with zero attached hydrogens (tertiary/aromatic N) is 3. The van der Waals surface area contributed by atoms with Gasteiger partial charge in [-0.05, 0) is 50.7 Å². The molecule has 0 fully saturated rings. The first-order valence-electron chi connectivity index (χ1n) is 8.08. The second kappa shape index (κ2) is 6.88. The molecule has 3 rings (SSSR count). The highest BCUT2D eigenvalue weighted by molar-refractivity contribution is 5.78. The Morgan fingerprint density at radius 1 is 1.04 bits per heavy atom. The van der Waals surface area contributed by atoms with Crippen LogP contribution in [0.1, 0.15) is 23.9 Å². The number of likely N-dealkylation sites (N-methyl/N-ethyl adjacent to an activating group) is 1. The first-order chi connectivity index (χ1) is 11.1. The fourth-order valence-corrected chi connectivity index (χ4v) is 2.78. The Morgan fingerprint density at radius 2 is 1.87 bits per heavy atom. The molecular weight excluding hydrogens is 282 g/mol. The Kier molecular flexibility index (Phi) is 4.68. The first-order valence-corrected chi connectivity index (χ1v) is 8.08. The zero-order chi connectivity index (χ0) is 16.2. The fraction of sp³-hybridized carbons (Fsp3) is 0.300. The summed E-state index contributed by atoms with van der Waals surface area (Å²) in [6, 6.07) is 17.1. The Hall–Kier alpha value is -2.26. The summed E-state index contributed by atoms with van der Waals surface area (Å²) in [6.45, 7) is 5.20. The third kappa shape index (κ3) is 3.93. The van der Waals surface area contributed by atoms with Crippen molar-refractivity contribution in [3.8, 4) is 0 Å². The predicted octanol–water partition coefficient (Wildman–Crippen LogP) is 4.00. The summed E-state index contributed by atoms with van der Waals surface area (Å²) in [7, 11) is 2.15. The van der Waals surface area contributed by atoms with Gasteiger partial charge in [0.2, 0.25) is 0 Å². The minimum atomic E-state index is 0.414. The van der Waals surface area contributed by atoms with Crippen molar-refractivity contribution < 1.29 is 0 Å². The van der Waals surface area contributed by atoms with Crippen molar-refractivity contribution in [3.05, 3.63) is 71.7 Å². The molecule has 0 saturated carbocycles. The van der Waals surface area contributed by atoms with E-state index in [-0.39, 0.29) is 0 Å². The van der Waals surface area contributed by atoms with Crippen LogP contribution in [0.3, 0.4) is 0 Å². The van der Waals surface area contributed by atoms with Crippen molar-refractivity contribution in [2.24, 2.45) is 0 Å². The van der Waals surface area contributed by atoms with Gasteiger partial charge in [-0.15, -0.1) is 0 Å². The number of para-hydroxylation sites is 1. The normalized spacial score (nSPS) is 12.7. The molecule has 0 bridgehead atoms.